The molecular formula is C16H25Cl2NO2. The summed E-state index contributed by atoms with van der Waals surface area (Å²) in [7, 11) is 0. The van der Waals surface area contributed by atoms with Gasteiger partial charge in [0, 0.05) is 17.6 Å². The Kier molecular flexibility index (Phi) is 6.36. The largest absolute Gasteiger partial charge is 0.489 e. The van der Waals surface area contributed by atoms with E-state index in [1.54, 1.807) is 18.2 Å². The van der Waals surface area contributed by atoms with Gasteiger partial charge in [-0.15, -0.1) is 0 Å². The number of hydrogen-bond acceptors (Lipinski definition) is 3. The molecule has 120 valence electrons. The van der Waals surface area contributed by atoms with Gasteiger partial charge >= 0.3 is 0 Å². The maximum absolute atomic E-state index is 10.9. The van der Waals surface area contributed by atoms with Gasteiger partial charge in [0.25, 0.3) is 0 Å². The topological polar surface area (TPSA) is 41.5 Å². The lowest BCUT2D eigenvalue weighted by Gasteiger charge is -2.40. The van der Waals surface area contributed by atoms with Crippen LogP contribution in [0.4, 0.5) is 0 Å². The van der Waals surface area contributed by atoms with Crippen LogP contribution in [0, 0.1) is 5.41 Å². The second-order valence-electron chi connectivity index (χ2n) is 6.68. The first-order valence-corrected chi connectivity index (χ1v) is 7.84. The van der Waals surface area contributed by atoms with Crippen molar-refractivity contribution in [1.82, 2.24) is 5.32 Å². The molecule has 0 aliphatic heterocycles. The molecule has 0 saturated carbocycles. The van der Waals surface area contributed by atoms with E-state index in [2.05, 4.69) is 5.32 Å². The predicted molar refractivity (Wildman–Crippen MR) is 89.5 cm³/mol. The minimum Gasteiger partial charge on any atom is -0.489 e. The van der Waals surface area contributed by atoms with E-state index in [-0.39, 0.29) is 18.1 Å². The molecule has 0 fully saturated rings. The molecule has 21 heavy (non-hydrogen) atoms. The van der Waals surface area contributed by atoms with Gasteiger partial charge < -0.3 is 15.2 Å². The molecule has 1 atom stereocenters. The first-order chi connectivity index (χ1) is 9.55. The highest BCUT2D eigenvalue weighted by molar-refractivity contribution is 6.35. The Morgan fingerprint density at radius 3 is 2.33 bits per heavy atom. The Hall–Kier alpha value is -0.480. The van der Waals surface area contributed by atoms with E-state index >= 15 is 0 Å². The van der Waals surface area contributed by atoms with Crippen LogP contribution in [0.2, 0.25) is 10.0 Å². The average Bonchev–Trinajstić information content (AvgIpc) is 2.34. The van der Waals surface area contributed by atoms with Gasteiger partial charge in [0.2, 0.25) is 0 Å². The van der Waals surface area contributed by atoms with Crippen molar-refractivity contribution in [2.24, 2.45) is 5.41 Å². The highest BCUT2D eigenvalue weighted by Crippen LogP contribution is 2.33. The number of rotatable bonds is 6. The molecule has 0 aliphatic rings. The van der Waals surface area contributed by atoms with E-state index in [9.17, 15) is 5.11 Å². The van der Waals surface area contributed by atoms with Gasteiger partial charge in [-0.25, -0.2) is 0 Å². The summed E-state index contributed by atoms with van der Waals surface area (Å²) in [5.41, 5.74) is -1.35. The lowest BCUT2D eigenvalue weighted by Crippen LogP contribution is -2.55. The van der Waals surface area contributed by atoms with Crippen LogP contribution in [-0.2, 0) is 0 Å². The number of hydrogen-bond donors (Lipinski definition) is 2. The normalized spacial score (nSPS) is 15.1. The molecule has 1 unspecified atom stereocenters. The Labute approximate surface area is 137 Å². The molecule has 0 aromatic heterocycles. The number of benzene rings is 1. The minimum absolute atomic E-state index is 0.150. The number of halogens is 2. The van der Waals surface area contributed by atoms with E-state index in [0.29, 0.717) is 22.3 Å². The van der Waals surface area contributed by atoms with Crippen molar-refractivity contribution in [3.8, 4) is 5.75 Å². The van der Waals surface area contributed by atoms with Crippen LogP contribution in [0.15, 0.2) is 18.2 Å². The van der Waals surface area contributed by atoms with Crippen molar-refractivity contribution in [1.29, 1.82) is 0 Å². The monoisotopic (exact) mass is 333 g/mol. The van der Waals surface area contributed by atoms with Gasteiger partial charge in [0.15, 0.2) is 0 Å². The van der Waals surface area contributed by atoms with Crippen LogP contribution in [0.25, 0.3) is 0 Å². The van der Waals surface area contributed by atoms with Crippen molar-refractivity contribution >= 4 is 23.2 Å². The summed E-state index contributed by atoms with van der Waals surface area (Å²) in [6.45, 7) is 10.6. The molecule has 5 heteroatoms. The van der Waals surface area contributed by atoms with Crippen LogP contribution in [0.1, 0.15) is 34.6 Å². The quantitative estimate of drug-likeness (QED) is 0.821. The van der Waals surface area contributed by atoms with Crippen LogP contribution >= 0.6 is 23.2 Å². The molecule has 0 heterocycles. The first-order valence-electron chi connectivity index (χ1n) is 7.09. The zero-order valence-electron chi connectivity index (χ0n) is 13.3. The minimum atomic E-state index is -1.01. The molecule has 3 nitrogen and oxygen atoms in total. The second-order valence-corrected chi connectivity index (χ2v) is 7.52. The lowest BCUT2D eigenvalue weighted by molar-refractivity contribution is -0.0863. The summed E-state index contributed by atoms with van der Waals surface area (Å²) in [5, 5.41) is 15.2. The number of aliphatic hydroxyl groups is 1. The molecule has 0 saturated heterocycles. The predicted octanol–water partition coefficient (Wildman–Crippen LogP) is 4.15. The molecule has 0 spiro atoms. The fourth-order valence-electron chi connectivity index (χ4n) is 1.70. The molecule has 0 bridgehead atoms. The van der Waals surface area contributed by atoms with Crippen LogP contribution in [0.5, 0.6) is 5.75 Å². The van der Waals surface area contributed by atoms with Crippen LogP contribution < -0.4 is 10.1 Å². The van der Waals surface area contributed by atoms with Gasteiger partial charge in [-0.2, -0.15) is 0 Å². The summed E-state index contributed by atoms with van der Waals surface area (Å²) in [5.74, 6) is 0.522. The molecule has 1 aromatic carbocycles. The average molecular weight is 334 g/mol. The lowest BCUT2D eigenvalue weighted by atomic mass is 9.76. The third-order valence-electron chi connectivity index (χ3n) is 3.56. The van der Waals surface area contributed by atoms with Crippen molar-refractivity contribution in [3.63, 3.8) is 0 Å². The molecule has 1 aromatic rings. The SMILES string of the molecule is CC(C)NCC(O)(COc1ccc(Cl)cc1Cl)C(C)(C)C. The fourth-order valence-corrected chi connectivity index (χ4v) is 2.16. The third kappa shape index (κ3) is 5.33. The van der Waals surface area contributed by atoms with Gasteiger partial charge in [-0.05, 0) is 23.6 Å². The summed E-state index contributed by atoms with van der Waals surface area (Å²) < 4.78 is 5.74. The van der Waals surface area contributed by atoms with E-state index in [1.165, 1.54) is 0 Å². The Morgan fingerprint density at radius 2 is 1.86 bits per heavy atom. The van der Waals surface area contributed by atoms with Gasteiger partial charge in [-0.1, -0.05) is 57.8 Å². The zero-order valence-corrected chi connectivity index (χ0v) is 14.8. The van der Waals surface area contributed by atoms with Crippen LogP contribution in [0.3, 0.4) is 0 Å². The van der Waals surface area contributed by atoms with E-state index in [1.807, 2.05) is 34.6 Å². The van der Waals surface area contributed by atoms with Gasteiger partial charge in [0.05, 0.1) is 5.02 Å². The highest BCUT2D eigenvalue weighted by Gasteiger charge is 2.41. The first kappa shape index (κ1) is 18.6. The molecule has 0 radical (unpaired) electrons. The maximum atomic E-state index is 10.9. The fraction of sp³-hybridized carbons (Fsp3) is 0.625. The molecule has 0 amide bonds. The second kappa shape index (κ2) is 7.19. The summed E-state index contributed by atoms with van der Waals surface area (Å²) in [6, 6.07) is 5.34. The Bertz CT molecular complexity index is 472. The molecule has 2 N–H and O–H groups in total. The van der Waals surface area contributed by atoms with Crippen molar-refractivity contribution < 1.29 is 9.84 Å². The third-order valence-corrected chi connectivity index (χ3v) is 4.09. The Balaban J connectivity index is 2.82. The van der Waals surface area contributed by atoms with Gasteiger partial charge in [-0.3, -0.25) is 0 Å². The van der Waals surface area contributed by atoms with Crippen molar-refractivity contribution in [3.05, 3.63) is 28.2 Å². The number of nitrogens with one attached hydrogen (secondary N) is 1. The zero-order chi connectivity index (χ0) is 16.3. The van der Waals surface area contributed by atoms with E-state index in [0.717, 1.165) is 0 Å². The Morgan fingerprint density at radius 1 is 1.24 bits per heavy atom. The molecular weight excluding hydrogens is 309 g/mol. The highest BCUT2D eigenvalue weighted by atomic mass is 35.5. The summed E-state index contributed by atoms with van der Waals surface area (Å²) in [6.07, 6.45) is 0. The standard InChI is InChI=1S/C16H25Cl2NO2/c1-11(2)19-9-16(20,15(3,4)5)10-21-14-7-6-12(17)8-13(14)18/h6-8,11,19-20H,9-10H2,1-5H3. The smallest absolute Gasteiger partial charge is 0.138 e. The van der Waals surface area contributed by atoms with E-state index in [4.69, 9.17) is 27.9 Å². The van der Waals surface area contributed by atoms with Crippen LogP contribution in [-0.4, -0.2) is 29.9 Å². The van der Waals surface area contributed by atoms with Crippen molar-refractivity contribution in [2.45, 2.75) is 46.3 Å². The summed E-state index contributed by atoms with van der Waals surface area (Å²) >= 11 is 12.0. The number of ether oxygens (including phenoxy) is 1. The molecule has 0 aliphatic carbocycles. The maximum Gasteiger partial charge on any atom is 0.138 e. The molecule has 1 rings (SSSR count). The van der Waals surface area contributed by atoms with Crippen molar-refractivity contribution in [2.75, 3.05) is 13.2 Å². The van der Waals surface area contributed by atoms with Gasteiger partial charge in [0.1, 0.15) is 18.0 Å². The van der Waals surface area contributed by atoms with E-state index < -0.39 is 5.60 Å². The summed E-state index contributed by atoms with van der Waals surface area (Å²) in [4.78, 5) is 0.